The van der Waals surface area contributed by atoms with E-state index in [9.17, 15) is 0 Å². The Labute approximate surface area is 79.6 Å². The molecule has 66 valence electrons. The molecule has 0 unspecified atom stereocenters. The van der Waals surface area contributed by atoms with Crippen molar-refractivity contribution in [1.29, 1.82) is 0 Å². The van der Waals surface area contributed by atoms with Gasteiger partial charge in [0.05, 0.1) is 11.7 Å². The summed E-state index contributed by atoms with van der Waals surface area (Å²) in [6.45, 7) is 4.70. The summed E-state index contributed by atoms with van der Waals surface area (Å²) in [5, 5.41) is 2.43. The smallest absolute Gasteiger partial charge is 0.0585 e. The van der Waals surface area contributed by atoms with E-state index in [1.807, 2.05) is 0 Å². The summed E-state index contributed by atoms with van der Waals surface area (Å²) in [5.74, 6) is 1.49. The second-order valence-electron chi connectivity index (χ2n) is 3.45. The van der Waals surface area contributed by atoms with Gasteiger partial charge in [0, 0.05) is 0 Å². The summed E-state index contributed by atoms with van der Waals surface area (Å²) in [6.07, 6.45) is 7.19. The fourth-order valence-electron chi connectivity index (χ4n) is 1.77. The van der Waals surface area contributed by atoms with E-state index in [1.165, 1.54) is 25.7 Å². The summed E-state index contributed by atoms with van der Waals surface area (Å²) in [5.41, 5.74) is 0. The van der Waals surface area contributed by atoms with Crippen LogP contribution < -0.4 is 0 Å². The first kappa shape index (κ1) is 9.63. The van der Waals surface area contributed by atoms with Crippen LogP contribution in [0.3, 0.4) is 0 Å². The minimum Gasteiger partial charge on any atom is -0.232 e. The lowest BCUT2D eigenvalue weighted by molar-refractivity contribution is 0.318. The van der Waals surface area contributed by atoms with Crippen molar-refractivity contribution in [2.45, 2.75) is 25.7 Å². The van der Waals surface area contributed by atoms with Gasteiger partial charge in [-0.2, -0.15) is 0 Å². The lowest BCUT2D eigenvalue weighted by Crippen LogP contribution is -2.14. The molecule has 0 radical (unpaired) electrons. The molecule has 12 heavy (non-hydrogen) atoms. The first-order valence-corrected chi connectivity index (χ1v) is 4.94. The predicted molar refractivity (Wildman–Crippen MR) is 55.5 cm³/mol. The molecule has 0 aromatic carbocycles. The Morgan fingerprint density at radius 2 is 2.08 bits per heavy atom. The van der Waals surface area contributed by atoms with Crippen molar-refractivity contribution in [3.8, 4) is 0 Å². The average Bonchev–Trinajstić information content (AvgIpc) is 2.15. The van der Waals surface area contributed by atoms with E-state index in [0.29, 0.717) is 0 Å². The summed E-state index contributed by atoms with van der Waals surface area (Å²) in [4.78, 5) is 3.99. The first-order valence-electron chi connectivity index (χ1n) is 4.53. The molecule has 0 amide bonds. The molecule has 0 aromatic rings. The van der Waals surface area contributed by atoms with Gasteiger partial charge < -0.3 is 0 Å². The molecule has 0 spiro atoms. The maximum Gasteiger partial charge on any atom is 0.0585 e. The van der Waals surface area contributed by atoms with E-state index in [1.54, 1.807) is 0 Å². The highest BCUT2D eigenvalue weighted by Crippen LogP contribution is 2.29. The van der Waals surface area contributed by atoms with E-state index >= 15 is 0 Å². The highest BCUT2D eigenvalue weighted by Gasteiger charge is 2.18. The molecule has 0 bridgehead atoms. The number of hydrogen-bond acceptors (Lipinski definition) is 2. The topological polar surface area (TPSA) is 12.4 Å². The molecule has 1 saturated carbocycles. The van der Waals surface area contributed by atoms with E-state index in [4.69, 9.17) is 0 Å². The average molecular weight is 181 g/mol. The van der Waals surface area contributed by atoms with Crippen LogP contribution in [-0.2, 0) is 0 Å². The molecule has 1 rings (SSSR count). The summed E-state index contributed by atoms with van der Waals surface area (Å²) >= 11 is 4.53. The maximum atomic E-state index is 4.53. The van der Waals surface area contributed by atoms with Crippen molar-refractivity contribution in [3.63, 3.8) is 0 Å². The van der Waals surface area contributed by atoms with Crippen LogP contribution in [0.4, 0.5) is 0 Å². The van der Waals surface area contributed by atoms with E-state index in [2.05, 4.69) is 35.0 Å². The van der Waals surface area contributed by atoms with Crippen LogP contribution in [0.1, 0.15) is 25.7 Å². The maximum absolute atomic E-state index is 4.53. The highest BCUT2D eigenvalue weighted by atomic mass is 32.1. The normalized spacial score (nSPS) is 29.0. The van der Waals surface area contributed by atoms with Crippen molar-refractivity contribution >= 4 is 17.4 Å². The Morgan fingerprint density at radius 3 is 2.58 bits per heavy atom. The van der Waals surface area contributed by atoms with Gasteiger partial charge in [-0.15, -0.1) is 6.58 Å². The Bertz CT molecular complexity index is 186. The molecule has 0 N–H and O–H groups in total. The standard InChI is InChI=1S/C10H15NS/c1-2-9-3-5-10(6-4-9)7-11-8-12/h2,9-10H,1,3-7H2. The molecule has 1 nitrogen and oxygen atoms in total. The second-order valence-corrected chi connectivity index (χ2v) is 3.63. The molecule has 0 aliphatic heterocycles. The highest BCUT2D eigenvalue weighted by molar-refractivity contribution is 7.78. The SMILES string of the molecule is C=CC1CCC(CN=C=S)CC1. The van der Waals surface area contributed by atoms with Crippen molar-refractivity contribution in [2.24, 2.45) is 16.8 Å². The summed E-state index contributed by atoms with van der Waals surface area (Å²) in [6, 6.07) is 0. The van der Waals surface area contributed by atoms with Crippen LogP contribution in [0.15, 0.2) is 17.6 Å². The van der Waals surface area contributed by atoms with Crippen LogP contribution in [-0.4, -0.2) is 11.7 Å². The molecule has 1 aliphatic rings. The fourth-order valence-corrected chi connectivity index (χ4v) is 1.85. The Kier molecular flexibility index (Phi) is 4.20. The monoisotopic (exact) mass is 181 g/mol. The number of allylic oxidation sites excluding steroid dienone is 1. The number of hydrogen-bond donors (Lipinski definition) is 0. The van der Waals surface area contributed by atoms with Crippen LogP contribution in [0.5, 0.6) is 0 Å². The van der Waals surface area contributed by atoms with Crippen LogP contribution in [0.2, 0.25) is 0 Å². The van der Waals surface area contributed by atoms with Gasteiger partial charge in [0.25, 0.3) is 0 Å². The predicted octanol–water partition coefficient (Wildman–Crippen LogP) is 3.08. The largest absolute Gasteiger partial charge is 0.232 e. The lowest BCUT2D eigenvalue weighted by Gasteiger charge is -2.24. The van der Waals surface area contributed by atoms with Crippen molar-refractivity contribution in [2.75, 3.05) is 6.54 Å². The zero-order chi connectivity index (χ0) is 8.81. The van der Waals surface area contributed by atoms with Gasteiger partial charge in [0.1, 0.15) is 0 Å². The third kappa shape index (κ3) is 2.88. The van der Waals surface area contributed by atoms with E-state index in [0.717, 1.165) is 18.4 Å². The Balaban J connectivity index is 2.25. The minimum absolute atomic E-state index is 0.747. The zero-order valence-corrected chi connectivity index (χ0v) is 8.15. The Hall–Kier alpha value is -0.460. The van der Waals surface area contributed by atoms with Crippen molar-refractivity contribution in [1.82, 2.24) is 0 Å². The third-order valence-corrected chi connectivity index (χ3v) is 2.77. The zero-order valence-electron chi connectivity index (χ0n) is 7.33. The summed E-state index contributed by atoms with van der Waals surface area (Å²) in [7, 11) is 0. The first-order chi connectivity index (χ1) is 5.86. The molecular weight excluding hydrogens is 166 g/mol. The van der Waals surface area contributed by atoms with Crippen molar-refractivity contribution in [3.05, 3.63) is 12.7 Å². The van der Waals surface area contributed by atoms with Gasteiger partial charge in [-0.3, -0.25) is 0 Å². The van der Waals surface area contributed by atoms with Gasteiger partial charge >= 0.3 is 0 Å². The van der Waals surface area contributed by atoms with Crippen LogP contribution >= 0.6 is 12.2 Å². The van der Waals surface area contributed by atoms with Crippen LogP contribution in [0.25, 0.3) is 0 Å². The number of aliphatic imine (C=N–C) groups is 1. The molecule has 0 saturated heterocycles. The molecule has 1 aliphatic carbocycles. The van der Waals surface area contributed by atoms with E-state index < -0.39 is 0 Å². The number of isothiocyanates is 1. The number of thiocarbonyl (C=S) groups is 1. The van der Waals surface area contributed by atoms with E-state index in [-0.39, 0.29) is 0 Å². The second kappa shape index (κ2) is 5.23. The quantitative estimate of drug-likeness (QED) is 0.370. The molecule has 0 atom stereocenters. The third-order valence-electron chi connectivity index (χ3n) is 2.64. The van der Waals surface area contributed by atoms with Gasteiger partial charge in [-0.1, -0.05) is 6.08 Å². The van der Waals surface area contributed by atoms with Gasteiger partial charge in [0.15, 0.2) is 0 Å². The van der Waals surface area contributed by atoms with Gasteiger partial charge in [-0.25, -0.2) is 4.99 Å². The lowest BCUT2D eigenvalue weighted by atomic mass is 9.82. The number of nitrogens with zero attached hydrogens (tertiary/aromatic N) is 1. The molecule has 1 fully saturated rings. The van der Waals surface area contributed by atoms with Crippen molar-refractivity contribution < 1.29 is 0 Å². The van der Waals surface area contributed by atoms with Gasteiger partial charge in [-0.05, 0) is 49.7 Å². The molecule has 0 aromatic heterocycles. The minimum atomic E-state index is 0.747. The summed E-state index contributed by atoms with van der Waals surface area (Å²) < 4.78 is 0. The fraction of sp³-hybridized carbons (Fsp3) is 0.700. The van der Waals surface area contributed by atoms with Gasteiger partial charge in [0.2, 0.25) is 0 Å². The number of rotatable bonds is 3. The molecule has 0 heterocycles. The molecular formula is C10H15NS. The Morgan fingerprint density at radius 1 is 1.42 bits per heavy atom. The molecule has 2 heteroatoms. The van der Waals surface area contributed by atoms with Crippen LogP contribution in [0, 0.1) is 11.8 Å².